The van der Waals surface area contributed by atoms with E-state index in [0.717, 1.165) is 25.7 Å². The molecule has 2 fully saturated rings. The number of benzene rings is 1. The minimum absolute atomic E-state index is 0.133. The summed E-state index contributed by atoms with van der Waals surface area (Å²) >= 11 is 11.8. The Balaban J connectivity index is 1.58. The number of nitrogens with one attached hydrogen (secondary N) is 1. The lowest BCUT2D eigenvalue weighted by molar-refractivity contribution is -0.179. The number of ether oxygens (including phenoxy) is 2. The van der Waals surface area contributed by atoms with Gasteiger partial charge in [-0.2, -0.15) is 0 Å². The molecular weight excluding hydrogens is 313 g/mol. The number of halogens is 2. The first-order valence-electron chi connectivity index (χ1n) is 7.11. The molecule has 0 aromatic heterocycles. The third-order valence-corrected chi connectivity index (χ3v) is 4.46. The van der Waals surface area contributed by atoms with Crippen molar-refractivity contribution in [1.29, 1.82) is 0 Å². The van der Waals surface area contributed by atoms with E-state index in [2.05, 4.69) is 5.32 Å². The van der Waals surface area contributed by atoms with Gasteiger partial charge in [0.15, 0.2) is 5.79 Å². The van der Waals surface area contributed by atoms with E-state index in [9.17, 15) is 4.79 Å². The number of rotatable bonds is 2. The molecule has 0 radical (unpaired) electrons. The summed E-state index contributed by atoms with van der Waals surface area (Å²) in [7, 11) is 0. The predicted octanol–water partition coefficient (Wildman–Crippen LogP) is 3.41. The lowest BCUT2D eigenvalue weighted by Gasteiger charge is -2.35. The van der Waals surface area contributed by atoms with Crippen LogP contribution in [0.25, 0.3) is 0 Å². The van der Waals surface area contributed by atoms with Crippen molar-refractivity contribution >= 4 is 29.1 Å². The minimum atomic E-state index is -0.402. The van der Waals surface area contributed by atoms with Gasteiger partial charge in [0.25, 0.3) is 5.91 Å². The summed E-state index contributed by atoms with van der Waals surface area (Å²) in [5.74, 6) is -0.547. The Hall–Kier alpha value is -0.810. The highest BCUT2D eigenvalue weighted by molar-refractivity contribution is 6.35. The van der Waals surface area contributed by atoms with E-state index >= 15 is 0 Å². The summed E-state index contributed by atoms with van der Waals surface area (Å²) in [4.78, 5) is 12.2. The molecule has 0 unspecified atom stereocenters. The van der Waals surface area contributed by atoms with Crippen LogP contribution in [0.1, 0.15) is 36.0 Å². The van der Waals surface area contributed by atoms with Crippen LogP contribution >= 0.6 is 23.2 Å². The molecule has 114 valence electrons. The van der Waals surface area contributed by atoms with Gasteiger partial charge in [-0.25, -0.2) is 0 Å². The predicted molar refractivity (Wildman–Crippen MR) is 80.8 cm³/mol. The molecular formula is C15H17Cl2NO3. The van der Waals surface area contributed by atoms with Gasteiger partial charge in [-0.15, -0.1) is 0 Å². The zero-order valence-corrected chi connectivity index (χ0v) is 13.0. The van der Waals surface area contributed by atoms with Crippen LogP contribution in [0.4, 0.5) is 0 Å². The average molecular weight is 330 g/mol. The van der Waals surface area contributed by atoms with Crippen molar-refractivity contribution < 1.29 is 14.3 Å². The first-order valence-corrected chi connectivity index (χ1v) is 7.87. The third-order valence-electron chi connectivity index (χ3n) is 4.02. The molecule has 0 bridgehead atoms. The van der Waals surface area contributed by atoms with Crippen molar-refractivity contribution in [2.75, 3.05) is 13.2 Å². The zero-order valence-electron chi connectivity index (χ0n) is 11.5. The van der Waals surface area contributed by atoms with Gasteiger partial charge in [0, 0.05) is 34.5 Å². The molecule has 1 saturated heterocycles. The van der Waals surface area contributed by atoms with Crippen LogP contribution in [0.2, 0.25) is 10.0 Å². The lowest BCUT2D eigenvalue weighted by atomic mass is 9.90. The molecule has 1 aromatic rings. The van der Waals surface area contributed by atoms with E-state index < -0.39 is 5.79 Å². The topological polar surface area (TPSA) is 47.6 Å². The van der Waals surface area contributed by atoms with Gasteiger partial charge in [-0.3, -0.25) is 4.79 Å². The summed E-state index contributed by atoms with van der Waals surface area (Å²) in [6, 6.07) is 4.99. The van der Waals surface area contributed by atoms with Crippen molar-refractivity contribution in [3.05, 3.63) is 33.8 Å². The second-order valence-electron chi connectivity index (χ2n) is 5.51. The molecule has 1 aliphatic heterocycles. The number of hydrogen-bond donors (Lipinski definition) is 1. The second kappa shape index (κ2) is 6.13. The van der Waals surface area contributed by atoms with Gasteiger partial charge in [0.05, 0.1) is 13.2 Å². The highest BCUT2D eigenvalue weighted by atomic mass is 35.5. The molecule has 21 heavy (non-hydrogen) atoms. The normalized spacial score (nSPS) is 21.6. The van der Waals surface area contributed by atoms with Gasteiger partial charge < -0.3 is 14.8 Å². The van der Waals surface area contributed by atoms with E-state index in [-0.39, 0.29) is 11.9 Å². The molecule has 1 amide bonds. The monoisotopic (exact) mass is 329 g/mol. The van der Waals surface area contributed by atoms with Gasteiger partial charge in [0.2, 0.25) is 0 Å². The highest BCUT2D eigenvalue weighted by Gasteiger charge is 2.40. The van der Waals surface area contributed by atoms with Crippen LogP contribution in [0.3, 0.4) is 0 Å². The van der Waals surface area contributed by atoms with Crippen LogP contribution in [0, 0.1) is 0 Å². The SMILES string of the molecule is O=C(NC1CCC2(CC1)OCCO2)c1cc(Cl)cc(Cl)c1. The molecule has 1 aliphatic carbocycles. The Kier molecular flexibility index (Phi) is 4.41. The van der Waals surface area contributed by atoms with Gasteiger partial charge in [-0.05, 0) is 31.0 Å². The molecule has 1 N–H and O–H groups in total. The third kappa shape index (κ3) is 3.51. The fourth-order valence-electron chi connectivity index (χ4n) is 2.94. The Labute approximate surface area is 133 Å². The number of carbonyl (C=O) groups is 1. The largest absolute Gasteiger partial charge is 0.349 e. The van der Waals surface area contributed by atoms with E-state index in [1.807, 2.05) is 0 Å². The quantitative estimate of drug-likeness (QED) is 0.904. The van der Waals surface area contributed by atoms with Crippen LogP contribution < -0.4 is 5.32 Å². The molecule has 6 heteroatoms. The summed E-state index contributed by atoms with van der Waals surface area (Å²) in [6.45, 7) is 1.33. The van der Waals surface area contributed by atoms with E-state index in [1.165, 1.54) is 0 Å². The summed E-state index contributed by atoms with van der Waals surface area (Å²) in [5.41, 5.74) is 0.487. The van der Waals surface area contributed by atoms with Gasteiger partial charge in [0.1, 0.15) is 0 Å². The number of hydrogen-bond acceptors (Lipinski definition) is 3. The molecule has 2 aliphatic rings. The van der Waals surface area contributed by atoms with Gasteiger partial charge in [-0.1, -0.05) is 23.2 Å². The first kappa shape index (κ1) is 15.1. The van der Waals surface area contributed by atoms with E-state index in [1.54, 1.807) is 18.2 Å². The summed E-state index contributed by atoms with van der Waals surface area (Å²) in [6.07, 6.45) is 3.32. The standard InChI is InChI=1S/C15H17Cl2NO3/c16-11-7-10(8-12(17)9-11)14(19)18-13-1-3-15(4-2-13)20-5-6-21-15/h7-9,13H,1-6H2,(H,18,19). The molecule has 1 aromatic carbocycles. The fraction of sp³-hybridized carbons (Fsp3) is 0.533. The smallest absolute Gasteiger partial charge is 0.251 e. The lowest BCUT2D eigenvalue weighted by Crippen LogP contribution is -2.44. The highest BCUT2D eigenvalue weighted by Crippen LogP contribution is 2.35. The second-order valence-corrected chi connectivity index (χ2v) is 6.39. The Bertz CT molecular complexity index is 513. The van der Waals surface area contributed by atoms with Crippen molar-refractivity contribution in [3.8, 4) is 0 Å². The molecule has 4 nitrogen and oxygen atoms in total. The maximum Gasteiger partial charge on any atom is 0.251 e. The summed E-state index contributed by atoms with van der Waals surface area (Å²) in [5, 5.41) is 3.95. The first-order chi connectivity index (χ1) is 10.1. The van der Waals surface area contributed by atoms with Crippen molar-refractivity contribution in [3.63, 3.8) is 0 Å². The molecule has 0 atom stereocenters. The van der Waals surface area contributed by atoms with Crippen LogP contribution in [0.15, 0.2) is 18.2 Å². The van der Waals surface area contributed by atoms with Crippen LogP contribution in [0.5, 0.6) is 0 Å². The Morgan fingerprint density at radius 3 is 2.24 bits per heavy atom. The minimum Gasteiger partial charge on any atom is -0.349 e. The summed E-state index contributed by atoms with van der Waals surface area (Å²) < 4.78 is 11.4. The van der Waals surface area contributed by atoms with E-state index in [4.69, 9.17) is 32.7 Å². The van der Waals surface area contributed by atoms with Crippen molar-refractivity contribution in [2.24, 2.45) is 0 Å². The van der Waals surface area contributed by atoms with Crippen LogP contribution in [-0.2, 0) is 9.47 Å². The number of carbonyl (C=O) groups excluding carboxylic acids is 1. The van der Waals surface area contributed by atoms with E-state index in [0.29, 0.717) is 28.8 Å². The number of amides is 1. The fourth-order valence-corrected chi connectivity index (χ4v) is 3.47. The van der Waals surface area contributed by atoms with Crippen molar-refractivity contribution in [1.82, 2.24) is 5.32 Å². The van der Waals surface area contributed by atoms with Gasteiger partial charge >= 0.3 is 0 Å². The molecule has 1 saturated carbocycles. The maximum absolute atomic E-state index is 12.2. The zero-order chi connectivity index (χ0) is 14.9. The average Bonchev–Trinajstić information content (AvgIpc) is 2.89. The molecule has 1 spiro atoms. The molecule has 3 rings (SSSR count). The van der Waals surface area contributed by atoms with Crippen molar-refractivity contribution in [2.45, 2.75) is 37.5 Å². The Morgan fingerprint density at radius 2 is 1.67 bits per heavy atom. The Morgan fingerprint density at radius 1 is 1.10 bits per heavy atom. The maximum atomic E-state index is 12.2. The molecule has 1 heterocycles. The van der Waals surface area contributed by atoms with Crippen LogP contribution in [-0.4, -0.2) is 30.9 Å².